The summed E-state index contributed by atoms with van der Waals surface area (Å²) in [5.74, 6) is -1.68. The van der Waals surface area contributed by atoms with Crippen LogP contribution in [0.5, 0.6) is 17.2 Å². The van der Waals surface area contributed by atoms with Crippen molar-refractivity contribution in [2.45, 2.75) is 6.92 Å². The zero-order valence-electron chi connectivity index (χ0n) is 21.7. The summed E-state index contributed by atoms with van der Waals surface area (Å²) in [7, 11) is 2.79. The van der Waals surface area contributed by atoms with Gasteiger partial charge in [-0.3, -0.25) is 4.79 Å². The highest BCUT2D eigenvalue weighted by Gasteiger charge is 2.27. The fourth-order valence-electron chi connectivity index (χ4n) is 4.52. The number of hydrogen-bond donors (Lipinski definition) is 2. The third-order valence-electron chi connectivity index (χ3n) is 6.48. The number of carbonyl (C=O) groups excluding carboxylic acids is 1. The van der Waals surface area contributed by atoms with E-state index >= 15 is 4.39 Å². The van der Waals surface area contributed by atoms with Crippen LogP contribution in [0.4, 0.5) is 8.78 Å². The third kappa shape index (κ3) is 4.73. The number of fused-ring (bicyclic) bond motifs is 1. The number of nitrogens with one attached hydrogen (secondary N) is 1. The van der Waals surface area contributed by atoms with E-state index in [1.165, 1.54) is 56.6 Å². The maximum atomic E-state index is 16.2. The Labute approximate surface area is 227 Å². The van der Waals surface area contributed by atoms with Crippen LogP contribution in [-0.2, 0) is 0 Å². The molecule has 5 aromatic rings. The van der Waals surface area contributed by atoms with E-state index in [9.17, 15) is 19.1 Å². The second-order valence-corrected chi connectivity index (χ2v) is 8.94. The first-order valence-electron chi connectivity index (χ1n) is 12.1. The first kappa shape index (κ1) is 26.4. The number of aryl methyl sites for hydroxylation is 1. The van der Waals surface area contributed by atoms with E-state index in [1.54, 1.807) is 37.3 Å². The molecule has 0 aliphatic heterocycles. The zero-order valence-corrected chi connectivity index (χ0v) is 21.7. The summed E-state index contributed by atoms with van der Waals surface area (Å²) < 4.78 is 46.3. The molecular formula is C31H23F2NO6. The highest BCUT2D eigenvalue weighted by molar-refractivity contribution is 6.12. The number of amides is 1. The van der Waals surface area contributed by atoms with Crippen LogP contribution < -0.4 is 14.8 Å². The van der Waals surface area contributed by atoms with Crippen molar-refractivity contribution in [2.24, 2.45) is 0 Å². The molecule has 1 heterocycles. The van der Waals surface area contributed by atoms with E-state index in [0.717, 1.165) is 0 Å². The van der Waals surface area contributed by atoms with Crippen LogP contribution in [0.15, 0.2) is 77.2 Å². The van der Waals surface area contributed by atoms with E-state index in [4.69, 9.17) is 13.9 Å². The van der Waals surface area contributed by atoms with Crippen LogP contribution in [0.2, 0.25) is 0 Å². The summed E-state index contributed by atoms with van der Waals surface area (Å²) in [6.07, 6.45) is 0. The van der Waals surface area contributed by atoms with Gasteiger partial charge in [0, 0.05) is 18.2 Å². The minimum atomic E-state index is -1.22. The summed E-state index contributed by atoms with van der Waals surface area (Å²) in [6.45, 7) is 1.71. The highest BCUT2D eigenvalue weighted by Crippen LogP contribution is 2.40. The average Bonchev–Trinajstić information content (AvgIpc) is 3.35. The lowest BCUT2D eigenvalue weighted by Gasteiger charge is -2.13. The monoisotopic (exact) mass is 543 g/mol. The quantitative estimate of drug-likeness (QED) is 0.225. The lowest BCUT2D eigenvalue weighted by Crippen LogP contribution is -2.18. The van der Waals surface area contributed by atoms with Crippen molar-refractivity contribution in [3.63, 3.8) is 0 Å². The molecule has 7 nitrogen and oxygen atoms in total. The lowest BCUT2D eigenvalue weighted by atomic mass is 9.94. The molecule has 0 aliphatic rings. The number of carbonyl (C=O) groups is 2. The SMILES string of the molecule is CNC(=O)c1c(-c2ccc(Oc3ccc(F)cc3)cc2)oc2ccc(-c3cc(C(=O)O)c(OC)cc3C)c(F)c12. The van der Waals surface area contributed by atoms with E-state index in [2.05, 4.69) is 5.32 Å². The van der Waals surface area contributed by atoms with Gasteiger partial charge in [-0.2, -0.15) is 0 Å². The standard InChI is InChI=1S/C31H23F2NO6/c1-16-14-25(38-3)23(31(36)37)15-22(16)21-12-13-24-26(28(21)33)27(30(35)34-2)29(40-24)17-4-8-19(9-5-17)39-20-10-6-18(32)7-11-20/h4-15H,1-3H3,(H,34,35)(H,36,37). The molecule has 0 bridgehead atoms. The van der Waals surface area contributed by atoms with Gasteiger partial charge in [0.15, 0.2) is 0 Å². The van der Waals surface area contributed by atoms with Gasteiger partial charge in [0.1, 0.15) is 45.8 Å². The van der Waals surface area contributed by atoms with Gasteiger partial charge < -0.3 is 24.3 Å². The number of benzene rings is 4. The fourth-order valence-corrected chi connectivity index (χ4v) is 4.52. The molecule has 202 valence electrons. The van der Waals surface area contributed by atoms with Crippen LogP contribution in [0.1, 0.15) is 26.3 Å². The first-order chi connectivity index (χ1) is 19.2. The number of hydrogen-bond acceptors (Lipinski definition) is 5. The molecule has 1 amide bonds. The van der Waals surface area contributed by atoms with Gasteiger partial charge in [0.25, 0.3) is 5.91 Å². The van der Waals surface area contributed by atoms with Crippen LogP contribution in [-0.4, -0.2) is 31.1 Å². The number of rotatable bonds is 7. The van der Waals surface area contributed by atoms with Crippen LogP contribution in [0.25, 0.3) is 33.4 Å². The Morgan fingerprint density at radius 3 is 2.15 bits per heavy atom. The molecule has 5 rings (SSSR count). The van der Waals surface area contributed by atoms with Gasteiger partial charge in [-0.05, 0) is 90.8 Å². The number of carboxylic acids is 1. The topological polar surface area (TPSA) is 98.0 Å². The van der Waals surface area contributed by atoms with Gasteiger partial charge in [0.2, 0.25) is 0 Å². The minimum Gasteiger partial charge on any atom is -0.496 e. The smallest absolute Gasteiger partial charge is 0.339 e. The Morgan fingerprint density at radius 2 is 1.55 bits per heavy atom. The maximum absolute atomic E-state index is 16.2. The highest BCUT2D eigenvalue weighted by atomic mass is 19.1. The van der Waals surface area contributed by atoms with E-state index < -0.39 is 17.7 Å². The normalized spacial score (nSPS) is 10.9. The Balaban J connectivity index is 1.62. The molecule has 0 aliphatic carbocycles. The predicted molar refractivity (Wildman–Crippen MR) is 145 cm³/mol. The molecule has 1 aromatic heterocycles. The van der Waals surface area contributed by atoms with Gasteiger partial charge in [-0.1, -0.05) is 0 Å². The molecule has 40 heavy (non-hydrogen) atoms. The maximum Gasteiger partial charge on any atom is 0.339 e. The number of ether oxygens (including phenoxy) is 2. The molecule has 0 fully saturated rings. The van der Waals surface area contributed by atoms with Gasteiger partial charge in [0.05, 0.1) is 18.1 Å². The third-order valence-corrected chi connectivity index (χ3v) is 6.48. The molecule has 0 saturated carbocycles. The van der Waals surface area contributed by atoms with E-state index in [1.807, 2.05) is 0 Å². The summed E-state index contributed by atoms with van der Waals surface area (Å²) >= 11 is 0. The minimum absolute atomic E-state index is 0.00586. The lowest BCUT2D eigenvalue weighted by molar-refractivity contribution is 0.0693. The molecule has 0 unspecified atom stereocenters. The summed E-state index contributed by atoms with van der Waals surface area (Å²) in [6, 6.07) is 18.1. The van der Waals surface area contributed by atoms with Gasteiger partial charge in [-0.25, -0.2) is 13.6 Å². The van der Waals surface area contributed by atoms with Crippen molar-refractivity contribution < 1.29 is 37.4 Å². The van der Waals surface area contributed by atoms with E-state index in [0.29, 0.717) is 28.2 Å². The van der Waals surface area contributed by atoms with Crippen LogP contribution in [0, 0.1) is 18.6 Å². The van der Waals surface area contributed by atoms with Crippen molar-refractivity contribution in [1.82, 2.24) is 5.32 Å². The average molecular weight is 544 g/mol. The molecule has 4 aromatic carbocycles. The van der Waals surface area contributed by atoms with Crippen molar-refractivity contribution in [2.75, 3.05) is 14.2 Å². The summed E-state index contributed by atoms with van der Waals surface area (Å²) in [4.78, 5) is 24.8. The first-order valence-corrected chi connectivity index (χ1v) is 12.1. The molecule has 9 heteroatoms. The molecule has 0 spiro atoms. The summed E-state index contributed by atoms with van der Waals surface area (Å²) in [5.41, 5.74) is 1.55. The Hall–Kier alpha value is -5.18. The van der Waals surface area contributed by atoms with Crippen LogP contribution >= 0.6 is 0 Å². The number of carboxylic acid groups (broad SMARTS) is 1. The predicted octanol–water partition coefficient (Wildman–Crippen LogP) is 7.21. The number of methoxy groups -OCH3 is 1. The van der Waals surface area contributed by atoms with Gasteiger partial charge in [-0.15, -0.1) is 0 Å². The molecule has 0 atom stereocenters. The van der Waals surface area contributed by atoms with Crippen molar-refractivity contribution >= 4 is 22.8 Å². The van der Waals surface area contributed by atoms with Crippen molar-refractivity contribution in [3.8, 4) is 39.7 Å². The zero-order chi connectivity index (χ0) is 28.6. The molecule has 2 N–H and O–H groups in total. The fraction of sp³-hybridized carbons (Fsp3) is 0.0968. The van der Waals surface area contributed by atoms with Gasteiger partial charge >= 0.3 is 5.97 Å². The number of halogens is 2. The van der Waals surface area contributed by atoms with Crippen LogP contribution in [0.3, 0.4) is 0 Å². The Bertz CT molecular complexity index is 1760. The second kappa shape index (κ2) is 10.5. The second-order valence-electron chi connectivity index (χ2n) is 8.94. The van der Waals surface area contributed by atoms with E-state index in [-0.39, 0.29) is 45.0 Å². The van der Waals surface area contributed by atoms with Crippen molar-refractivity contribution in [1.29, 1.82) is 0 Å². The number of furan rings is 1. The van der Waals surface area contributed by atoms with Crippen molar-refractivity contribution in [3.05, 3.63) is 101 Å². The Morgan fingerprint density at radius 1 is 0.900 bits per heavy atom. The number of aromatic carboxylic acids is 1. The molecule has 0 radical (unpaired) electrons. The molecule has 0 saturated heterocycles. The Kier molecular flexibility index (Phi) is 6.96. The largest absolute Gasteiger partial charge is 0.496 e. The summed E-state index contributed by atoms with van der Waals surface area (Å²) in [5, 5.41) is 12.1. The molecular weight excluding hydrogens is 520 g/mol.